The largest absolute Gasteiger partial charge is 0.497 e. The minimum atomic E-state index is -0.177. The predicted molar refractivity (Wildman–Crippen MR) is 113 cm³/mol. The molecule has 0 fully saturated rings. The van der Waals surface area contributed by atoms with Gasteiger partial charge in [-0.25, -0.2) is 0 Å². The molecule has 0 atom stereocenters. The van der Waals surface area contributed by atoms with Gasteiger partial charge in [0.05, 0.1) is 12.7 Å². The summed E-state index contributed by atoms with van der Waals surface area (Å²) >= 11 is 12.4. The summed E-state index contributed by atoms with van der Waals surface area (Å²) in [5, 5.41) is 1.07. The molecule has 1 aliphatic heterocycles. The normalized spacial score (nSPS) is 13.9. The Morgan fingerprint density at radius 1 is 0.966 bits per heavy atom. The molecule has 0 unspecified atom stereocenters. The fourth-order valence-electron chi connectivity index (χ4n) is 2.97. The summed E-state index contributed by atoms with van der Waals surface area (Å²) in [6.45, 7) is 0.206. The number of methoxy groups -OCH3 is 1. The van der Waals surface area contributed by atoms with E-state index in [-0.39, 0.29) is 18.1 Å². The minimum absolute atomic E-state index is 0.177. The van der Waals surface area contributed by atoms with Gasteiger partial charge in [-0.2, -0.15) is 0 Å². The summed E-state index contributed by atoms with van der Waals surface area (Å²) in [7, 11) is 1.59. The number of fused-ring (bicyclic) bond motifs is 1. The maximum atomic E-state index is 12.6. The van der Waals surface area contributed by atoms with Crippen molar-refractivity contribution in [1.82, 2.24) is 0 Å². The van der Waals surface area contributed by atoms with Crippen LogP contribution in [-0.4, -0.2) is 12.9 Å². The van der Waals surface area contributed by atoms with E-state index in [0.29, 0.717) is 38.4 Å². The molecule has 0 aliphatic carbocycles. The van der Waals surface area contributed by atoms with Crippen molar-refractivity contribution >= 4 is 35.1 Å². The van der Waals surface area contributed by atoms with Gasteiger partial charge in [0.25, 0.3) is 0 Å². The highest BCUT2D eigenvalue weighted by Gasteiger charge is 2.27. The topological polar surface area (TPSA) is 44.8 Å². The van der Waals surface area contributed by atoms with E-state index in [0.717, 1.165) is 5.56 Å². The third-order valence-corrected chi connectivity index (χ3v) is 5.19. The molecule has 1 aliphatic rings. The SMILES string of the molecule is COc1cccc(C=C2Oc3cc(OCc4c(Cl)cccc4Cl)ccc3C2=O)c1. The molecule has 3 aromatic carbocycles. The number of halogens is 2. The highest BCUT2D eigenvalue weighted by molar-refractivity contribution is 6.35. The van der Waals surface area contributed by atoms with E-state index in [2.05, 4.69) is 0 Å². The summed E-state index contributed by atoms with van der Waals surface area (Å²) in [5.74, 6) is 1.78. The third kappa shape index (κ3) is 4.09. The Hall–Kier alpha value is -2.95. The van der Waals surface area contributed by atoms with Gasteiger partial charge in [-0.3, -0.25) is 4.79 Å². The summed E-state index contributed by atoms with van der Waals surface area (Å²) in [4.78, 5) is 12.6. The second-order valence-corrected chi connectivity index (χ2v) is 7.18. The number of rotatable bonds is 5. The maximum absolute atomic E-state index is 12.6. The van der Waals surface area contributed by atoms with Crippen LogP contribution in [-0.2, 0) is 6.61 Å². The highest BCUT2D eigenvalue weighted by Crippen LogP contribution is 2.35. The summed E-state index contributed by atoms with van der Waals surface area (Å²) < 4.78 is 16.8. The van der Waals surface area contributed by atoms with Crippen LogP contribution in [0.4, 0.5) is 0 Å². The molecule has 3 aromatic rings. The first kappa shape index (κ1) is 19.4. The zero-order valence-corrected chi connectivity index (χ0v) is 17.0. The number of hydrogen-bond acceptors (Lipinski definition) is 4. The lowest BCUT2D eigenvalue weighted by Crippen LogP contribution is -1.98. The van der Waals surface area contributed by atoms with E-state index in [1.165, 1.54) is 0 Å². The minimum Gasteiger partial charge on any atom is -0.497 e. The van der Waals surface area contributed by atoms with E-state index < -0.39 is 0 Å². The number of benzene rings is 3. The van der Waals surface area contributed by atoms with Crippen LogP contribution in [0.2, 0.25) is 10.0 Å². The number of carbonyl (C=O) groups is 1. The van der Waals surface area contributed by atoms with Crippen LogP contribution in [0.25, 0.3) is 6.08 Å². The second-order valence-electron chi connectivity index (χ2n) is 6.36. The molecule has 0 aromatic heterocycles. The number of hydrogen-bond donors (Lipinski definition) is 0. The Balaban J connectivity index is 1.53. The lowest BCUT2D eigenvalue weighted by molar-refractivity contribution is 0.101. The number of allylic oxidation sites excluding steroid dienone is 1. The average Bonchev–Trinajstić information content (AvgIpc) is 3.02. The smallest absolute Gasteiger partial charge is 0.231 e. The molecule has 0 amide bonds. The van der Waals surface area contributed by atoms with Gasteiger partial charge in [-0.05, 0) is 48.0 Å². The van der Waals surface area contributed by atoms with Crippen molar-refractivity contribution in [2.75, 3.05) is 7.11 Å². The summed E-state index contributed by atoms with van der Waals surface area (Å²) in [5.41, 5.74) is 2.00. The molecule has 1 heterocycles. The van der Waals surface area contributed by atoms with Gasteiger partial charge in [0.15, 0.2) is 5.76 Å². The number of ether oxygens (including phenoxy) is 3. The Morgan fingerprint density at radius 2 is 1.72 bits per heavy atom. The number of carbonyl (C=O) groups excluding carboxylic acids is 1. The average molecular weight is 427 g/mol. The number of ketones is 1. The van der Waals surface area contributed by atoms with Gasteiger partial charge in [-0.1, -0.05) is 41.4 Å². The van der Waals surface area contributed by atoms with E-state index in [1.807, 2.05) is 24.3 Å². The molecule has 0 bridgehead atoms. The lowest BCUT2D eigenvalue weighted by Gasteiger charge is -2.10. The monoisotopic (exact) mass is 426 g/mol. The van der Waals surface area contributed by atoms with Gasteiger partial charge in [-0.15, -0.1) is 0 Å². The van der Waals surface area contributed by atoms with E-state index >= 15 is 0 Å². The standard InChI is InChI=1S/C23H16Cl2O4/c1-27-15-5-2-4-14(10-15)11-22-23(26)17-9-8-16(12-21(17)29-22)28-13-18-19(24)6-3-7-20(18)25/h2-12H,13H2,1H3. The lowest BCUT2D eigenvalue weighted by atomic mass is 10.1. The molecular weight excluding hydrogens is 411 g/mol. The molecule has 29 heavy (non-hydrogen) atoms. The molecular formula is C23H16Cl2O4. The Labute approximate surface area is 178 Å². The van der Waals surface area contributed by atoms with Gasteiger partial charge in [0.2, 0.25) is 5.78 Å². The van der Waals surface area contributed by atoms with E-state index in [9.17, 15) is 4.79 Å². The van der Waals surface area contributed by atoms with Crippen molar-refractivity contribution in [1.29, 1.82) is 0 Å². The fraction of sp³-hybridized carbons (Fsp3) is 0.0870. The maximum Gasteiger partial charge on any atom is 0.231 e. The van der Waals surface area contributed by atoms with Crippen molar-refractivity contribution in [3.63, 3.8) is 0 Å². The molecule has 0 saturated heterocycles. The van der Waals surface area contributed by atoms with Crippen molar-refractivity contribution in [2.45, 2.75) is 6.61 Å². The van der Waals surface area contributed by atoms with Gasteiger partial charge >= 0.3 is 0 Å². The molecule has 6 heteroatoms. The van der Waals surface area contributed by atoms with Crippen molar-refractivity contribution < 1.29 is 19.0 Å². The first-order chi connectivity index (χ1) is 14.0. The van der Waals surface area contributed by atoms with Gasteiger partial charge in [0.1, 0.15) is 23.9 Å². The molecule has 0 N–H and O–H groups in total. The van der Waals surface area contributed by atoms with E-state index in [1.54, 1.807) is 49.6 Å². The zero-order chi connectivity index (χ0) is 20.4. The molecule has 4 nitrogen and oxygen atoms in total. The quantitative estimate of drug-likeness (QED) is 0.455. The molecule has 4 rings (SSSR count). The van der Waals surface area contributed by atoms with Crippen molar-refractivity contribution in [2.24, 2.45) is 0 Å². The van der Waals surface area contributed by atoms with Gasteiger partial charge in [0, 0.05) is 21.7 Å². The first-order valence-corrected chi connectivity index (χ1v) is 9.59. The van der Waals surface area contributed by atoms with Crippen LogP contribution in [0.3, 0.4) is 0 Å². The van der Waals surface area contributed by atoms with E-state index in [4.69, 9.17) is 37.4 Å². The zero-order valence-electron chi connectivity index (χ0n) is 15.4. The van der Waals surface area contributed by atoms with Crippen LogP contribution in [0.15, 0.2) is 66.4 Å². The molecule has 0 spiro atoms. The first-order valence-electron chi connectivity index (χ1n) is 8.83. The predicted octanol–water partition coefficient (Wildman–Crippen LogP) is 6.20. The summed E-state index contributed by atoms with van der Waals surface area (Å²) in [6, 6.07) is 17.8. The summed E-state index contributed by atoms with van der Waals surface area (Å²) in [6.07, 6.45) is 1.69. The van der Waals surface area contributed by atoms with Crippen LogP contribution >= 0.6 is 23.2 Å². The highest BCUT2D eigenvalue weighted by atomic mass is 35.5. The van der Waals surface area contributed by atoms with Crippen molar-refractivity contribution in [3.8, 4) is 17.2 Å². The Bertz CT molecular complexity index is 1100. The van der Waals surface area contributed by atoms with Crippen LogP contribution < -0.4 is 14.2 Å². The van der Waals surface area contributed by atoms with Crippen LogP contribution in [0.5, 0.6) is 17.2 Å². The Kier molecular flexibility index (Phi) is 5.47. The fourth-order valence-corrected chi connectivity index (χ4v) is 3.47. The molecule has 146 valence electrons. The van der Waals surface area contributed by atoms with Crippen molar-refractivity contribution in [3.05, 3.63) is 93.2 Å². The Morgan fingerprint density at radius 3 is 2.48 bits per heavy atom. The third-order valence-electron chi connectivity index (χ3n) is 4.48. The number of Topliss-reactive ketones (excluding diaryl/α,β-unsaturated/α-hetero) is 1. The van der Waals surface area contributed by atoms with Crippen LogP contribution in [0, 0.1) is 0 Å². The molecule has 0 saturated carbocycles. The second kappa shape index (κ2) is 8.19. The molecule has 0 radical (unpaired) electrons. The van der Waals surface area contributed by atoms with Crippen LogP contribution in [0.1, 0.15) is 21.5 Å². The van der Waals surface area contributed by atoms with Gasteiger partial charge < -0.3 is 14.2 Å².